The summed E-state index contributed by atoms with van der Waals surface area (Å²) in [5, 5.41) is 10.0. The van der Waals surface area contributed by atoms with Crippen molar-refractivity contribution in [1.82, 2.24) is 20.4 Å². The third-order valence-corrected chi connectivity index (χ3v) is 5.92. The Morgan fingerprint density at radius 2 is 2.03 bits per heavy atom. The topological polar surface area (TPSA) is 85.2 Å². The van der Waals surface area contributed by atoms with E-state index in [1.54, 1.807) is 4.68 Å². The SMILES string of the molecule is CC(C)(C)OC(=O)NCC1CCn2ncc(C(=O)NC3CCc4c(F)cc(F)cc43)c2C1. The van der Waals surface area contributed by atoms with Gasteiger partial charge in [-0.1, -0.05) is 0 Å². The van der Waals surface area contributed by atoms with Gasteiger partial charge in [0.25, 0.3) is 5.91 Å². The lowest BCUT2D eigenvalue weighted by Crippen LogP contribution is -2.37. The Morgan fingerprint density at radius 3 is 2.78 bits per heavy atom. The molecule has 1 aromatic carbocycles. The van der Waals surface area contributed by atoms with E-state index in [1.165, 1.54) is 12.3 Å². The minimum atomic E-state index is -0.648. The lowest BCUT2D eigenvalue weighted by molar-refractivity contribution is 0.0516. The van der Waals surface area contributed by atoms with Gasteiger partial charge in [-0.2, -0.15) is 5.10 Å². The second-order valence-electron chi connectivity index (χ2n) is 9.49. The highest BCUT2D eigenvalue weighted by atomic mass is 19.1. The number of ether oxygens (including phenoxy) is 1. The van der Waals surface area contributed by atoms with Crippen molar-refractivity contribution in [2.24, 2.45) is 5.92 Å². The van der Waals surface area contributed by atoms with Crippen molar-refractivity contribution in [3.63, 3.8) is 0 Å². The first-order valence-electron chi connectivity index (χ1n) is 10.9. The number of benzene rings is 1. The molecular formula is C23H28F2N4O3. The number of hydrogen-bond donors (Lipinski definition) is 2. The van der Waals surface area contributed by atoms with Crippen LogP contribution in [0, 0.1) is 17.6 Å². The standard InChI is InChI=1S/C23H28F2N4O3/c1-23(2,3)32-22(31)26-11-13-6-7-29-20(8-13)17(12-27-29)21(30)28-19-5-4-15-16(19)9-14(24)10-18(15)25/h9-10,12-13,19H,4-8,11H2,1-3H3,(H,26,31)(H,28,30). The maximum Gasteiger partial charge on any atom is 0.407 e. The molecule has 2 aliphatic rings. The van der Waals surface area contributed by atoms with Crippen LogP contribution >= 0.6 is 0 Å². The monoisotopic (exact) mass is 446 g/mol. The van der Waals surface area contributed by atoms with Crippen molar-refractivity contribution in [2.75, 3.05) is 6.54 Å². The fourth-order valence-corrected chi connectivity index (χ4v) is 4.43. The van der Waals surface area contributed by atoms with Gasteiger partial charge in [-0.3, -0.25) is 9.48 Å². The molecule has 1 aliphatic heterocycles. The third-order valence-electron chi connectivity index (χ3n) is 5.92. The molecule has 4 rings (SSSR count). The largest absolute Gasteiger partial charge is 0.444 e. The van der Waals surface area contributed by atoms with Gasteiger partial charge in [-0.25, -0.2) is 13.6 Å². The molecule has 7 nitrogen and oxygen atoms in total. The Balaban J connectivity index is 1.41. The molecule has 2 unspecified atom stereocenters. The lowest BCUT2D eigenvalue weighted by Gasteiger charge is -2.25. The van der Waals surface area contributed by atoms with Crippen LogP contribution in [-0.2, 0) is 24.1 Å². The first-order chi connectivity index (χ1) is 15.1. The minimum absolute atomic E-state index is 0.147. The second kappa shape index (κ2) is 8.52. The molecule has 2 amide bonds. The van der Waals surface area contributed by atoms with E-state index in [9.17, 15) is 18.4 Å². The zero-order valence-electron chi connectivity index (χ0n) is 18.5. The van der Waals surface area contributed by atoms with Gasteiger partial charge < -0.3 is 15.4 Å². The molecule has 0 bridgehead atoms. The zero-order valence-corrected chi connectivity index (χ0v) is 18.5. The number of aromatic nitrogens is 2. The van der Waals surface area contributed by atoms with E-state index in [4.69, 9.17) is 4.74 Å². The number of nitrogens with zero attached hydrogens (tertiary/aromatic N) is 2. The highest BCUT2D eigenvalue weighted by molar-refractivity contribution is 5.95. The highest BCUT2D eigenvalue weighted by Crippen LogP contribution is 2.34. The molecule has 0 radical (unpaired) electrons. The Bertz CT molecular complexity index is 1040. The minimum Gasteiger partial charge on any atom is -0.444 e. The predicted octanol–water partition coefficient (Wildman–Crippen LogP) is 3.67. The predicted molar refractivity (Wildman–Crippen MR) is 113 cm³/mol. The van der Waals surface area contributed by atoms with Crippen molar-refractivity contribution in [3.05, 3.63) is 52.3 Å². The first kappa shape index (κ1) is 22.2. The molecule has 0 saturated heterocycles. The third kappa shape index (κ3) is 4.76. The van der Waals surface area contributed by atoms with E-state index in [0.29, 0.717) is 49.0 Å². The smallest absolute Gasteiger partial charge is 0.407 e. The van der Waals surface area contributed by atoms with Crippen molar-refractivity contribution in [2.45, 2.75) is 64.6 Å². The summed E-state index contributed by atoms with van der Waals surface area (Å²) in [5.41, 5.74) is 1.65. The van der Waals surface area contributed by atoms with Gasteiger partial charge in [0.1, 0.15) is 17.2 Å². The van der Waals surface area contributed by atoms with Gasteiger partial charge in [0, 0.05) is 19.2 Å². The average molecular weight is 446 g/mol. The molecule has 32 heavy (non-hydrogen) atoms. The Hall–Kier alpha value is -2.97. The fourth-order valence-electron chi connectivity index (χ4n) is 4.43. The van der Waals surface area contributed by atoms with Gasteiger partial charge in [-0.05, 0) is 69.6 Å². The summed E-state index contributed by atoms with van der Waals surface area (Å²) in [7, 11) is 0. The number of carbonyl (C=O) groups excluding carboxylic acids is 2. The van der Waals surface area contributed by atoms with Gasteiger partial charge >= 0.3 is 6.09 Å². The average Bonchev–Trinajstić information content (AvgIpc) is 3.29. The maximum atomic E-state index is 14.0. The normalized spacial score (nSPS) is 19.8. The number of nitrogens with one attached hydrogen (secondary N) is 2. The van der Waals surface area contributed by atoms with Crippen LogP contribution in [0.1, 0.15) is 66.8 Å². The van der Waals surface area contributed by atoms with Crippen LogP contribution in [0.5, 0.6) is 0 Å². The summed E-state index contributed by atoms with van der Waals surface area (Å²) in [6.07, 6.45) is 3.46. The second-order valence-corrected chi connectivity index (χ2v) is 9.49. The molecule has 1 aliphatic carbocycles. The van der Waals surface area contributed by atoms with Crippen LogP contribution in [0.25, 0.3) is 0 Å². The molecular weight excluding hydrogens is 418 g/mol. The summed E-state index contributed by atoms with van der Waals surface area (Å²) in [6.45, 7) is 6.51. The molecule has 0 spiro atoms. The first-order valence-corrected chi connectivity index (χ1v) is 10.9. The van der Waals surface area contributed by atoms with Crippen molar-refractivity contribution >= 4 is 12.0 Å². The summed E-state index contributed by atoms with van der Waals surface area (Å²) in [5.74, 6) is -1.38. The fraction of sp³-hybridized carbons (Fsp3) is 0.522. The molecule has 1 aromatic heterocycles. The summed E-state index contributed by atoms with van der Waals surface area (Å²) < 4.78 is 34.8. The van der Waals surface area contributed by atoms with Crippen molar-refractivity contribution < 1.29 is 23.1 Å². The summed E-state index contributed by atoms with van der Waals surface area (Å²) >= 11 is 0. The molecule has 172 valence electrons. The number of carbonyl (C=O) groups is 2. The van der Waals surface area contributed by atoms with Crippen LogP contribution in [0.3, 0.4) is 0 Å². The number of amides is 2. The Labute approximate surface area is 185 Å². The van der Waals surface area contributed by atoms with Gasteiger partial charge in [0.15, 0.2) is 0 Å². The van der Waals surface area contributed by atoms with E-state index >= 15 is 0 Å². The summed E-state index contributed by atoms with van der Waals surface area (Å²) in [6, 6.07) is 1.73. The number of halogens is 2. The lowest BCUT2D eigenvalue weighted by atomic mass is 9.94. The van der Waals surface area contributed by atoms with Crippen LogP contribution in [0.4, 0.5) is 13.6 Å². The number of fused-ring (bicyclic) bond motifs is 2. The van der Waals surface area contributed by atoms with Crippen LogP contribution in [0.15, 0.2) is 18.3 Å². The Kier molecular flexibility index (Phi) is 5.92. The van der Waals surface area contributed by atoms with Crippen LogP contribution in [-0.4, -0.2) is 33.9 Å². The van der Waals surface area contributed by atoms with Crippen molar-refractivity contribution in [3.8, 4) is 0 Å². The van der Waals surface area contributed by atoms with E-state index in [1.807, 2.05) is 20.8 Å². The number of aryl methyl sites for hydroxylation is 1. The Morgan fingerprint density at radius 1 is 1.25 bits per heavy atom. The van der Waals surface area contributed by atoms with E-state index in [0.717, 1.165) is 18.2 Å². The number of hydrogen-bond acceptors (Lipinski definition) is 4. The van der Waals surface area contributed by atoms with Gasteiger partial charge in [-0.15, -0.1) is 0 Å². The molecule has 2 N–H and O–H groups in total. The van der Waals surface area contributed by atoms with Gasteiger partial charge in [0.05, 0.1) is 23.5 Å². The summed E-state index contributed by atoms with van der Waals surface area (Å²) in [4.78, 5) is 24.9. The van der Waals surface area contributed by atoms with Gasteiger partial charge in [0.2, 0.25) is 0 Å². The molecule has 0 saturated carbocycles. The zero-order chi connectivity index (χ0) is 23.0. The number of alkyl carbamates (subject to hydrolysis) is 1. The maximum absolute atomic E-state index is 14.0. The number of rotatable bonds is 4. The molecule has 2 aromatic rings. The van der Waals surface area contributed by atoms with Crippen LogP contribution < -0.4 is 10.6 Å². The van der Waals surface area contributed by atoms with E-state index < -0.39 is 29.4 Å². The van der Waals surface area contributed by atoms with E-state index in [-0.39, 0.29) is 11.8 Å². The molecule has 2 atom stereocenters. The highest BCUT2D eigenvalue weighted by Gasteiger charge is 2.30. The van der Waals surface area contributed by atoms with E-state index in [2.05, 4.69) is 15.7 Å². The molecule has 9 heteroatoms. The molecule has 2 heterocycles. The quantitative estimate of drug-likeness (QED) is 0.751. The molecule has 0 fully saturated rings. The van der Waals surface area contributed by atoms with Crippen LogP contribution in [0.2, 0.25) is 0 Å². The van der Waals surface area contributed by atoms with Crippen molar-refractivity contribution in [1.29, 1.82) is 0 Å².